The van der Waals surface area contributed by atoms with E-state index in [2.05, 4.69) is 16.7 Å². The molecule has 0 atom stereocenters. The number of methoxy groups -OCH3 is 3. The first kappa shape index (κ1) is 22.2. The number of carbonyl (C=O) groups excluding carboxylic acids is 1. The zero-order valence-electron chi connectivity index (χ0n) is 17.4. The molecule has 3 rings (SSSR count). The Bertz CT molecular complexity index is 1040. The molecule has 162 valence electrons. The van der Waals surface area contributed by atoms with Crippen LogP contribution in [0.5, 0.6) is 17.2 Å². The number of halogens is 1. The number of amides is 1. The van der Waals surface area contributed by atoms with Gasteiger partial charge in [-0.25, -0.2) is 0 Å². The van der Waals surface area contributed by atoms with E-state index in [4.69, 9.17) is 30.3 Å². The second kappa shape index (κ2) is 9.99. The molecule has 0 spiro atoms. The number of ether oxygens (including phenoxy) is 3. The van der Waals surface area contributed by atoms with Gasteiger partial charge in [0.1, 0.15) is 6.54 Å². The maximum absolute atomic E-state index is 13.2. The third-order valence-corrected chi connectivity index (χ3v) is 4.70. The fourth-order valence-corrected chi connectivity index (χ4v) is 3.09. The number of hydrogen-bond acceptors (Lipinski definition) is 7. The van der Waals surface area contributed by atoms with E-state index < -0.39 is 0 Å². The molecule has 31 heavy (non-hydrogen) atoms. The number of aromatic nitrogens is 2. The number of carbonyl (C=O) groups is 1. The molecule has 9 heteroatoms. The van der Waals surface area contributed by atoms with E-state index >= 15 is 0 Å². The third kappa shape index (κ3) is 4.97. The van der Waals surface area contributed by atoms with Crippen LogP contribution in [-0.4, -0.2) is 48.8 Å². The Morgan fingerprint density at radius 1 is 1.13 bits per heavy atom. The molecule has 1 amide bonds. The molecular formula is C22H22ClN3O5. The smallest absolute Gasteiger partial charge is 0.254 e. The summed E-state index contributed by atoms with van der Waals surface area (Å²) in [5.74, 6) is 1.57. The lowest BCUT2D eigenvalue weighted by atomic mass is 10.1. The molecule has 0 bridgehead atoms. The zero-order valence-corrected chi connectivity index (χ0v) is 18.2. The van der Waals surface area contributed by atoms with E-state index in [1.807, 2.05) is 0 Å². The summed E-state index contributed by atoms with van der Waals surface area (Å²) < 4.78 is 21.3. The van der Waals surface area contributed by atoms with Gasteiger partial charge < -0.3 is 23.6 Å². The average molecular weight is 444 g/mol. The molecule has 0 aliphatic carbocycles. The molecule has 0 aliphatic rings. The molecular weight excluding hydrogens is 422 g/mol. The highest BCUT2D eigenvalue weighted by Crippen LogP contribution is 2.38. The maximum Gasteiger partial charge on any atom is 0.254 e. The predicted octanol–water partition coefficient (Wildman–Crippen LogP) is 4.24. The fraction of sp³-hybridized carbons (Fsp3) is 0.227. The van der Waals surface area contributed by atoms with Gasteiger partial charge in [-0.1, -0.05) is 22.8 Å². The Hall–Kier alpha value is -3.52. The van der Waals surface area contributed by atoms with Gasteiger partial charge in [-0.2, -0.15) is 4.98 Å². The first-order valence-electron chi connectivity index (χ1n) is 9.29. The maximum atomic E-state index is 13.2. The highest BCUT2D eigenvalue weighted by molar-refractivity contribution is 6.30. The molecule has 0 fully saturated rings. The summed E-state index contributed by atoms with van der Waals surface area (Å²) in [5.41, 5.74) is 1.11. The van der Waals surface area contributed by atoms with Gasteiger partial charge in [0, 0.05) is 22.7 Å². The van der Waals surface area contributed by atoms with E-state index in [0.717, 1.165) is 5.56 Å². The average Bonchev–Trinajstić information content (AvgIpc) is 3.26. The normalized spacial score (nSPS) is 10.5. The van der Waals surface area contributed by atoms with Crippen LogP contribution < -0.4 is 14.2 Å². The molecule has 8 nitrogen and oxygen atoms in total. The van der Waals surface area contributed by atoms with Crippen molar-refractivity contribution in [1.29, 1.82) is 0 Å². The summed E-state index contributed by atoms with van der Waals surface area (Å²) in [5, 5.41) is 4.60. The summed E-state index contributed by atoms with van der Waals surface area (Å²) in [6.45, 7) is 4.10. The largest absolute Gasteiger partial charge is 0.493 e. The molecule has 1 heterocycles. The molecule has 0 radical (unpaired) electrons. The Morgan fingerprint density at radius 2 is 1.77 bits per heavy atom. The van der Waals surface area contributed by atoms with Crippen LogP contribution in [0, 0.1) is 0 Å². The van der Waals surface area contributed by atoms with Gasteiger partial charge in [-0.05, 0) is 36.4 Å². The third-order valence-electron chi connectivity index (χ3n) is 4.45. The van der Waals surface area contributed by atoms with Gasteiger partial charge >= 0.3 is 0 Å². The highest BCUT2D eigenvalue weighted by atomic mass is 35.5. The van der Waals surface area contributed by atoms with Crippen LogP contribution >= 0.6 is 11.6 Å². The Kier molecular flexibility index (Phi) is 7.15. The summed E-state index contributed by atoms with van der Waals surface area (Å²) in [4.78, 5) is 19.1. The monoisotopic (exact) mass is 443 g/mol. The van der Waals surface area contributed by atoms with E-state index in [9.17, 15) is 4.79 Å². The molecule has 0 unspecified atom stereocenters. The van der Waals surface area contributed by atoms with Crippen molar-refractivity contribution in [3.63, 3.8) is 0 Å². The first-order valence-corrected chi connectivity index (χ1v) is 9.67. The lowest BCUT2D eigenvalue weighted by molar-refractivity contribution is 0.0744. The molecule has 0 saturated carbocycles. The summed E-state index contributed by atoms with van der Waals surface area (Å²) in [6, 6.07) is 10.2. The zero-order chi connectivity index (χ0) is 22.4. The summed E-state index contributed by atoms with van der Waals surface area (Å²) in [7, 11) is 4.48. The molecule has 2 aromatic carbocycles. The van der Waals surface area contributed by atoms with Crippen molar-refractivity contribution < 1.29 is 23.5 Å². The summed E-state index contributed by atoms with van der Waals surface area (Å²) >= 11 is 5.92. The van der Waals surface area contributed by atoms with Gasteiger partial charge in [0.25, 0.3) is 5.91 Å². The topological polar surface area (TPSA) is 86.9 Å². The van der Waals surface area contributed by atoms with Crippen LogP contribution in [0.25, 0.3) is 11.4 Å². The van der Waals surface area contributed by atoms with Gasteiger partial charge in [0.05, 0.1) is 21.3 Å². The number of rotatable bonds is 9. The second-order valence-corrected chi connectivity index (χ2v) is 6.84. The number of nitrogens with zero attached hydrogens (tertiary/aromatic N) is 3. The second-order valence-electron chi connectivity index (χ2n) is 6.41. The van der Waals surface area contributed by atoms with Crippen LogP contribution in [-0.2, 0) is 6.54 Å². The van der Waals surface area contributed by atoms with Crippen molar-refractivity contribution in [2.75, 3.05) is 27.9 Å². The number of benzene rings is 2. The standard InChI is InChI=1S/C22H22ClN3O5/c1-5-10-26(13-19-24-21(25-31-19)14-6-8-16(23)9-7-14)22(27)15-11-17(28-2)20(30-4)18(12-15)29-3/h5-9,11-12H,1,10,13H2,2-4H3. The van der Waals surface area contributed by atoms with Crippen LogP contribution in [0.4, 0.5) is 0 Å². The van der Waals surface area contributed by atoms with Crippen LogP contribution in [0.1, 0.15) is 16.2 Å². The van der Waals surface area contributed by atoms with Gasteiger partial charge in [-0.3, -0.25) is 4.79 Å². The lowest BCUT2D eigenvalue weighted by Crippen LogP contribution is -2.31. The van der Waals surface area contributed by atoms with E-state index in [1.54, 1.807) is 42.5 Å². The lowest BCUT2D eigenvalue weighted by Gasteiger charge is -2.20. The van der Waals surface area contributed by atoms with Crippen molar-refractivity contribution in [3.8, 4) is 28.6 Å². The minimum Gasteiger partial charge on any atom is -0.493 e. The van der Waals surface area contributed by atoms with Gasteiger partial charge in [0.15, 0.2) is 11.5 Å². The van der Waals surface area contributed by atoms with Crippen molar-refractivity contribution in [2.24, 2.45) is 0 Å². The van der Waals surface area contributed by atoms with Crippen molar-refractivity contribution in [2.45, 2.75) is 6.54 Å². The minimum atomic E-state index is -0.287. The Morgan fingerprint density at radius 3 is 2.32 bits per heavy atom. The molecule has 0 N–H and O–H groups in total. The van der Waals surface area contributed by atoms with Gasteiger partial charge in [-0.15, -0.1) is 6.58 Å². The highest BCUT2D eigenvalue weighted by Gasteiger charge is 2.22. The first-order chi connectivity index (χ1) is 15.0. The molecule has 3 aromatic rings. The van der Waals surface area contributed by atoms with Crippen LogP contribution in [0.3, 0.4) is 0 Å². The van der Waals surface area contributed by atoms with E-state index in [1.165, 1.54) is 26.2 Å². The van der Waals surface area contributed by atoms with Crippen molar-refractivity contribution >= 4 is 17.5 Å². The molecule has 1 aromatic heterocycles. The number of hydrogen-bond donors (Lipinski definition) is 0. The SMILES string of the molecule is C=CCN(Cc1nc(-c2ccc(Cl)cc2)no1)C(=O)c1cc(OC)c(OC)c(OC)c1. The van der Waals surface area contributed by atoms with E-state index in [-0.39, 0.29) is 24.9 Å². The molecule has 0 aliphatic heterocycles. The Labute approximate surface area is 185 Å². The van der Waals surface area contributed by atoms with E-state index in [0.29, 0.717) is 33.7 Å². The van der Waals surface area contributed by atoms with Gasteiger partial charge in [0.2, 0.25) is 17.5 Å². The summed E-state index contributed by atoms with van der Waals surface area (Å²) in [6.07, 6.45) is 1.62. The quantitative estimate of drug-likeness (QED) is 0.457. The van der Waals surface area contributed by atoms with Crippen LogP contribution in [0.2, 0.25) is 5.02 Å². The predicted molar refractivity (Wildman–Crippen MR) is 116 cm³/mol. The minimum absolute atomic E-state index is 0.0993. The Balaban J connectivity index is 1.86. The van der Waals surface area contributed by atoms with Crippen molar-refractivity contribution in [1.82, 2.24) is 15.0 Å². The van der Waals surface area contributed by atoms with Crippen LogP contribution in [0.15, 0.2) is 53.6 Å². The molecule has 0 saturated heterocycles. The fourth-order valence-electron chi connectivity index (χ4n) is 2.96. The van der Waals surface area contributed by atoms with Crippen molar-refractivity contribution in [3.05, 3.63) is 65.5 Å².